The first kappa shape index (κ1) is 16.5. The summed E-state index contributed by atoms with van der Waals surface area (Å²) in [4.78, 5) is 11.8. The molecule has 0 saturated heterocycles. The van der Waals surface area contributed by atoms with E-state index in [9.17, 15) is 9.90 Å². The van der Waals surface area contributed by atoms with Gasteiger partial charge in [0, 0.05) is 11.3 Å². The van der Waals surface area contributed by atoms with Crippen LogP contribution in [0.3, 0.4) is 0 Å². The Balaban J connectivity index is 1.89. The van der Waals surface area contributed by atoms with Crippen molar-refractivity contribution >= 4 is 17.8 Å². The number of anilines is 1. The summed E-state index contributed by atoms with van der Waals surface area (Å²) in [6, 6.07) is 11.2. The van der Waals surface area contributed by atoms with Crippen LogP contribution in [-0.4, -0.2) is 23.8 Å². The Hall–Kier alpha value is -2.82. The molecule has 0 spiro atoms. The molecule has 0 radical (unpaired) electrons. The predicted molar refractivity (Wildman–Crippen MR) is 93.0 cm³/mol. The Kier molecular flexibility index (Phi) is 5.36. The number of hydrogen-bond acceptors (Lipinski definition) is 4. The molecule has 0 atom stereocenters. The van der Waals surface area contributed by atoms with E-state index in [1.807, 2.05) is 45.0 Å². The number of aryl methyl sites for hydroxylation is 3. The molecule has 0 bridgehead atoms. The van der Waals surface area contributed by atoms with Crippen LogP contribution in [0, 0.1) is 20.8 Å². The number of carbonyl (C=O) groups excluding carboxylic acids is 1. The number of nitrogens with one attached hydrogen (secondary N) is 2. The average Bonchev–Trinajstić information content (AvgIpc) is 2.49. The van der Waals surface area contributed by atoms with Crippen molar-refractivity contribution in [1.82, 2.24) is 5.43 Å². The van der Waals surface area contributed by atoms with Crippen LogP contribution in [0.25, 0.3) is 0 Å². The standard InChI is InChI=1S/C18H21N3O2/c1-12-7-8-15(16(22)9-12)10-20-21-17(23)11-19-18-13(2)5-4-6-14(18)3/h4-10,19,22H,11H2,1-3H3,(H,21,23)/b20-10+. The second kappa shape index (κ2) is 7.45. The number of amides is 1. The monoisotopic (exact) mass is 311 g/mol. The predicted octanol–water partition coefficient (Wildman–Crippen LogP) is 2.88. The highest BCUT2D eigenvalue weighted by molar-refractivity contribution is 5.86. The number of hydrogen-bond donors (Lipinski definition) is 3. The zero-order valence-electron chi connectivity index (χ0n) is 13.6. The van der Waals surface area contributed by atoms with Crippen LogP contribution < -0.4 is 10.7 Å². The molecule has 0 heterocycles. The van der Waals surface area contributed by atoms with Crippen LogP contribution in [0.15, 0.2) is 41.5 Å². The summed E-state index contributed by atoms with van der Waals surface area (Å²) in [6.45, 7) is 6.00. The zero-order chi connectivity index (χ0) is 16.8. The molecule has 0 aromatic heterocycles. The lowest BCUT2D eigenvalue weighted by atomic mass is 10.1. The van der Waals surface area contributed by atoms with Crippen molar-refractivity contribution in [3.05, 3.63) is 58.7 Å². The molecule has 0 fully saturated rings. The molecule has 2 rings (SSSR count). The van der Waals surface area contributed by atoms with Crippen molar-refractivity contribution in [2.75, 3.05) is 11.9 Å². The maximum atomic E-state index is 11.8. The lowest BCUT2D eigenvalue weighted by Gasteiger charge is -2.11. The number of phenols is 1. The van der Waals surface area contributed by atoms with Gasteiger partial charge in [0.1, 0.15) is 5.75 Å². The first-order chi connectivity index (χ1) is 11.0. The molecule has 0 aliphatic rings. The minimum Gasteiger partial charge on any atom is -0.507 e. The van der Waals surface area contributed by atoms with E-state index in [0.29, 0.717) is 5.56 Å². The largest absolute Gasteiger partial charge is 0.507 e. The highest BCUT2D eigenvalue weighted by atomic mass is 16.3. The molecule has 1 amide bonds. The van der Waals surface area contributed by atoms with Crippen molar-refractivity contribution in [2.24, 2.45) is 5.10 Å². The quantitative estimate of drug-likeness (QED) is 0.587. The van der Waals surface area contributed by atoms with Gasteiger partial charge in [-0.05, 0) is 49.6 Å². The topological polar surface area (TPSA) is 73.7 Å². The van der Waals surface area contributed by atoms with Gasteiger partial charge in [-0.3, -0.25) is 4.79 Å². The summed E-state index contributed by atoms with van der Waals surface area (Å²) in [5, 5.41) is 16.7. The molecule has 2 aromatic carbocycles. The van der Waals surface area contributed by atoms with E-state index in [1.54, 1.807) is 12.1 Å². The van der Waals surface area contributed by atoms with Crippen molar-refractivity contribution in [3.63, 3.8) is 0 Å². The lowest BCUT2D eigenvalue weighted by Crippen LogP contribution is -2.26. The third-order valence-electron chi connectivity index (χ3n) is 3.49. The van der Waals surface area contributed by atoms with E-state index >= 15 is 0 Å². The normalized spacial score (nSPS) is 10.7. The molecule has 0 saturated carbocycles. The van der Waals surface area contributed by atoms with Crippen LogP contribution in [0.1, 0.15) is 22.3 Å². The molecule has 3 N–H and O–H groups in total. The first-order valence-electron chi connectivity index (χ1n) is 7.39. The highest BCUT2D eigenvalue weighted by Crippen LogP contribution is 2.19. The van der Waals surface area contributed by atoms with Gasteiger partial charge in [-0.25, -0.2) is 5.43 Å². The molecule has 5 nitrogen and oxygen atoms in total. The SMILES string of the molecule is Cc1ccc(/C=N/NC(=O)CNc2c(C)cccc2C)c(O)c1. The van der Waals surface area contributed by atoms with Crippen LogP contribution in [0.2, 0.25) is 0 Å². The number of para-hydroxylation sites is 1. The van der Waals surface area contributed by atoms with Gasteiger partial charge in [0.25, 0.3) is 5.91 Å². The van der Waals surface area contributed by atoms with Crippen molar-refractivity contribution in [1.29, 1.82) is 0 Å². The minimum absolute atomic E-state index is 0.128. The third kappa shape index (κ3) is 4.57. The van der Waals surface area contributed by atoms with Gasteiger partial charge < -0.3 is 10.4 Å². The number of phenolic OH excluding ortho intramolecular Hbond substituents is 1. The first-order valence-corrected chi connectivity index (χ1v) is 7.39. The lowest BCUT2D eigenvalue weighted by molar-refractivity contribution is -0.119. The fraction of sp³-hybridized carbons (Fsp3) is 0.222. The van der Waals surface area contributed by atoms with E-state index in [4.69, 9.17) is 0 Å². The van der Waals surface area contributed by atoms with Gasteiger partial charge in [0.05, 0.1) is 12.8 Å². The van der Waals surface area contributed by atoms with Crippen molar-refractivity contribution < 1.29 is 9.90 Å². The number of hydrazone groups is 1. The van der Waals surface area contributed by atoms with Crippen LogP contribution in [-0.2, 0) is 4.79 Å². The minimum atomic E-state index is -0.254. The molecular weight excluding hydrogens is 290 g/mol. The van der Waals surface area contributed by atoms with Crippen molar-refractivity contribution in [3.8, 4) is 5.75 Å². The maximum Gasteiger partial charge on any atom is 0.259 e. The molecule has 2 aromatic rings. The maximum absolute atomic E-state index is 11.8. The van der Waals surface area contributed by atoms with E-state index in [0.717, 1.165) is 22.4 Å². The summed E-state index contributed by atoms with van der Waals surface area (Å²) in [5.74, 6) is -0.118. The molecule has 120 valence electrons. The summed E-state index contributed by atoms with van der Waals surface area (Å²) in [7, 11) is 0. The van der Waals surface area contributed by atoms with Gasteiger partial charge in [-0.2, -0.15) is 5.10 Å². The van der Waals surface area contributed by atoms with Crippen LogP contribution >= 0.6 is 0 Å². The molecule has 0 unspecified atom stereocenters. The zero-order valence-corrected chi connectivity index (χ0v) is 13.6. The summed E-state index contributed by atoms with van der Waals surface area (Å²) in [5.41, 5.74) is 7.09. The molecule has 0 aliphatic heterocycles. The van der Waals surface area contributed by atoms with Gasteiger partial charge in [-0.15, -0.1) is 0 Å². The second-order valence-corrected chi connectivity index (χ2v) is 5.48. The highest BCUT2D eigenvalue weighted by Gasteiger charge is 2.04. The van der Waals surface area contributed by atoms with Crippen molar-refractivity contribution in [2.45, 2.75) is 20.8 Å². The number of nitrogens with zero attached hydrogens (tertiary/aromatic N) is 1. The van der Waals surface area contributed by atoms with Gasteiger partial charge in [0.15, 0.2) is 0 Å². The average molecular weight is 311 g/mol. The van der Waals surface area contributed by atoms with Gasteiger partial charge in [-0.1, -0.05) is 24.3 Å². The van der Waals surface area contributed by atoms with Crippen LogP contribution in [0.5, 0.6) is 5.75 Å². The number of rotatable bonds is 5. The number of benzene rings is 2. The molecule has 0 aliphatic carbocycles. The summed E-state index contributed by atoms with van der Waals surface area (Å²) in [6.07, 6.45) is 1.42. The Morgan fingerprint density at radius 1 is 1.17 bits per heavy atom. The summed E-state index contributed by atoms with van der Waals surface area (Å²) < 4.78 is 0. The number of carbonyl (C=O) groups is 1. The van der Waals surface area contributed by atoms with Gasteiger partial charge >= 0.3 is 0 Å². The fourth-order valence-corrected chi connectivity index (χ4v) is 2.24. The smallest absolute Gasteiger partial charge is 0.259 e. The van der Waals surface area contributed by atoms with E-state index in [-0.39, 0.29) is 18.2 Å². The number of aromatic hydroxyl groups is 1. The Morgan fingerprint density at radius 3 is 2.52 bits per heavy atom. The molecular formula is C18H21N3O2. The Morgan fingerprint density at radius 2 is 1.87 bits per heavy atom. The third-order valence-corrected chi connectivity index (χ3v) is 3.49. The van der Waals surface area contributed by atoms with Crippen LogP contribution in [0.4, 0.5) is 5.69 Å². The van der Waals surface area contributed by atoms with Gasteiger partial charge in [0.2, 0.25) is 0 Å². The Labute approximate surface area is 136 Å². The second-order valence-electron chi connectivity index (χ2n) is 5.48. The van der Waals surface area contributed by atoms with E-state index < -0.39 is 0 Å². The van der Waals surface area contributed by atoms with E-state index in [2.05, 4.69) is 15.8 Å². The molecule has 5 heteroatoms. The fourth-order valence-electron chi connectivity index (χ4n) is 2.24. The molecule has 23 heavy (non-hydrogen) atoms. The van der Waals surface area contributed by atoms with E-state index in [1.165, 1.54) is 6.21 Å². The summed E-state index contributed by atoms with van der Waals surface area (Å²) >= 11 is 0. The Bertz CT molecular complexity index is 719.